The summed E-state index contributed by atoms with van der Waals surface area (Å²) in [6.45, 7) is 5.56. The number of hydrogen-bond donors (Lipinski definition) is 1. The van der Waals surface area contributed by atoms with E-state index in [1.54, 1.807) is 6.20 Å². The first-order valence-corrected chi connectivity index (χ1v) is 9.01. The van der Waals surface area contributed by atoms with Gasteiger partial charge in [-0.3, -0.25) is 4.79 Å². The smallest absolute Gasteiger partial charge is 0.258 e. The Balaban J connectivity index is 1.51. The van der Waals surface area contributed by atoms with E-state index in [0.717, 1.165) is 30.9 Å². The molecule has 6 nitrogen and oxygen atoms in total. The number of pyridine rings is 1. The van der Waals surface area contributed by atoms with Crippen molar-refractivity contribution in [1.29, 1.82) is 0 Å². The van der Waals surface area contributed by atoms with Gasteiger partial charge in [-0.1, -0.05) is 25.1 Å². The van der Waals surface area contributed by atoms with Gasteiger partial charge in [-0.15, -0.1) is 0 Å². The summed E-state index contributed by atoms with van der Waals surface area (Å²) in [6.07, 6.45) is 2.76. The van der Waals surface area contributed by atoms with Crippen LogP contribution in [0.3, 0.4) is 0 Å². The minimum Gasteiger partial charge on any atom is -0.484 e. The van der Waals surface area contributed by atoms with E-state index in [2.05, 4.69) is 22.1 Å². The van der Waals surface area contributed by atoms with Gasteiger partial charge in [-0.25, -0.2) is 4.98 Å². The molecule has 138 valence electrons. The lowest BCUT2D eigenvalue weighted by atomic mass is 10.2. The molecular formula is C20H25N3O3. The second-order valence-electron chi connectivity index (χ2n) is 6.15. The van der Waals surface area contributed by atoms with Crippen molar-refractivity contribution in [2.45, 2.75) is 19.9 Å². The Kier molecular flexibility index (Phi) is 6.44. The Labute approximate surface area is 154 Å². The third-order valence-corrected chi connectivity index (χ3v) is 4.36. The highest BCUT2D eigenvalue weighted by atomic mass is 16.5. The minimum atomic E-state index is -0.152. The maximum atomic E-state index is 12.1. The van der Waals surface area contributed by atoms with E-state index < -0.39 is 0 Å². The number of benzene rings is 1. The number of rotatable bonds is 7. The molecule has 0 bridgehead atoms. The van der Waals surface area contributed by atoms with Crippen molar-refractivity contribution >= 4 is 11.7 Å². The van der Waals surface area contributed by atoms with E-state index in [9.17, 15) is 4.79 Å². The van der Waals surface area contributed by atoms with Crippen LogP contribution in [0.15, 0.2) is 42.6 Å². The maximum absolute atomic E-state index is 12.1. The summed E-state index contributed by atoms with van der Waals surface area (Å²) in [7, 11) is 0. The van der Waals surface area contributed by atoms with Crippen molar-refractivity contribution in [3.63, 3.8) is 0 Å². The average molecular weight is 355 g/mol. The first-order valence-electron chi connectivity index (χ1n) is 9.01. The second-order valence-corrected chi connectivity index (χ2v) is 6.15. The van der Waals surface area contributed by atoms with E-state index in [1.165, 1.54) is 5.56 Å². The SMILES string of the molecule is CCc1ccc(OCC(=O)NCc2cccnc2N2CCOCC2)cc1. The molecule has 1 fully saturated rings. The van der Waals surface area contributed by atoms with Crippen molar-refractivity contribution in [3.05, 3.63) is 53.7 Å². The molecule has 1 aliphatic rings. The van der Waals surface area contributed by atoms with E-state index in [1.807, 2.05) is 36.4 Å². The predicted octanol–water partition coefficient (Wildman–Crippen LogP) is 2.18. The molecule has 0 radical (unpaired) electrons. The Bertz CT molecular complexity index is 712. The number of nitrogens with zero attached hydrogens (tertiary/aromatic N) is 2. The van der Waals surface area contributed by atoms with E-state index in [0.29, 0.717) is 25.5 Å². The van der Waals surface area contributed by atoms with Crippen molar-refractivity contribution < 1.29 is 14.3 Å². The molecule has 2 aromatic rings. The van der Waals surface area contributed by atoms with Crippen LogP contribution >= 0.6 is 0 Å². The lowest BCUT2D eigenvalue weighted by Crippen LogP contribution is -2.38. The summed E-state index contributed by atoms with van der Waals surface area (Å²) in [5.41, 5.74) is 2.24. The molecule has 0 aliphatic carbocycles. The van der Waals surface area contributed by atoms with Crippen molar-refractivity contribution in [2.75, 3.05) is 37.8 Å². The highest BCUT2D eigenvalue weighted by molar-refractivity contribution is 5.77. The lowest BCUT2D eigenvalue weighted by molar-refractivity contribution is -0.123. The molecule has 0 unspecified atom stereocenters. The molecule has 1 N–H and O–H groups in total. The molecule has 0 spiro atoms. The monoisotopic (exact) mass is 355 g/mol. The number of carbonyl (C=O) groups is 1. The van der Waals surface area contributed by atoms with Gasteiger partial charge in [0.05, 0.1) is 13.2 Å². The molecule has 1 aromatic carbocycles. The number of aryl methyl sites for hydroxylation is 1. The number of aromatic nitrogens is 1. The average Bonchev–Trinajstić information content (AvgIpc) is 2.72. The molecule has 1 aliphatic heterocycles. The Morgan fingerprint density at radius 2 is 2.00 bits per heavy atom. The third kappa shape index (κ3) is 4.95. The number of nitrogens with one attached hydrogen (secondary N) is 1. The van der Waals surface area contributed by atoms with Gasteiger partial charge < -0.3 is 19.7 Å². The predicted molar refractivity (Wildman–Crippen MR) is 100 cm³/mol. The molecule has 0 atom stereocenters. The largest absolute Gasteiger partial charge is 0.484 e. The topological polar surface area (TPSA) is 63.7 Å². The molecule has 0 saturated carbocycles. The van der Waals surface area contributed by atoms with Gasteiger partial charge >= 0.3 is 0 Å². The summed E-state index contributed by atoms with van der Waals surface area (Å²) in [6, 6.07) is 11.7. The number of hydrogen-bond acceptors (Lipinski definition) is 5. The quantitative estimate of drug-likeness (QED) is 0.825. The zero-order chi connectivity index (χ0) is 18.2. The fraction of sp³-hybridized carbons (Fsp3) is 0.400. The van der Waals surface area contributed by atoms with Gasteiger partial charge in [0.1, 0.15) is 11.6 Å². The zero-order valence-electron chi connectivity index (χ0n) is 15.1. The van der Waals surface area contributed by atoms with Crippen molar-refractivity contribution in [1.82, 2.24) is 10.3 Å². The van der Waals surface area contributed by atoms with Gasteiger partial charge in [-0.2, -0.15) is 0 Å². The number of amides is 1. The highest BCUT2D eigenvalue weighted by Crippen LogP contribution is 2.18. The zero-order valence-corrected chi connectivity index (χ0v) is 15.1. The highest BCUT2D eigenvalue weighted by Gasteiger charge is 2.16. The number of ether oxygens (including phenoxy) is 2. The van der Waals surface area contributed by atoms with Crippen LogP contribution in [0.4, 0.5) is 5.82 Å². The van der Waals surface area contributed by atoms with Crippen LogP contribution in [0, 0.1) is 0 Å². The van der Waals surface area contributed by atoms with Crippen LogP contribution in [-0.2, 0) is 22.5 Å². The minimum absolute atomic E-state index is 0.00137. The first kappa shape index (κ1) is 18.2. The summed E-state index contributed by atoms with van der Waals surface area (Å²) in [4.78, 5) is 18.8. The molecule has 26 heavy (non-hydrogen) atoms. The van der Waals surface area contributed by atoms with E-state index in [4.69, 9.17) is 9.47 Å². The summed E-state index contributed by atoms with van der Waals surface area (Å²) in [5.74, 6) is 1.46. The van der Waals surface area contributed by atoms with Crippen molar-refractivity contribution in [2.24, 2.45) is 0 Å². The van der Waals surface area contributed by atoms with Crippen LogP contribution in [0.5, 0.6) is 5.75 Å². The first-order chi connectivity index (χ1) is 12.8. The number of anilines is 1. The van der Waals surface area contributed by atoms with Gasteiger partial charge in [0, 0.05) is 31.4 Å². The third-order valence-electron chi connectivity index (χ3n) is 4.36. The number of morpholine rings is 1. The Morgan fingerprint density at radius 1 is 1.23 bits per heavy atom. The van der Waals surface area contributed by atoms with Crippen LogP contribution < -0.4 is 15.0 Å². The van der Waals surface area contributed by atoms with Gasteiger partial charge in [-0.05, 0) is 30.2 Å². The molecule has 1 amide bonds. The molecule has 1 aromatic heterocycles. The second kappa shape index (κ2) is 9.20. The summed E-state index contributed by atoms with van der Waals surface area (Å²) >= 11 is 0. The van der Waals surface area contributed by atoms with E-state index >= 15 is 0 Å². The molecule has 3 rings (SSSR count). The summed E-state index contributed by atoms with van der Waals surface area (Å²) < 4.78 is 10.9. The standard InChI is InChI=1S/C20H25N3O3/c1-2-16-5-7-18(8-6-16)26-15-19(24)22-14-17-4-3-9-21-20(17)23-10-12-25-13-11-23/h3-9H,2,10-15H2,1H3,(H,22,24). The molecule has 1 saturated heterocycles. The Morgan fingerprint density at radius 3 is 2.73 bits per heavy atom. The lowest BCUT2D eigenvalue weighted by Gasteiger charge is -2.29. The number of carbonyl (C=O) groups excluding carboxylic acids is 1. The fourth-order valence-corrected chi connectivity index (χ4v) is 2.84. The van der Waals surface area contributed by atoms with Gasteiger partial charge in [0.2, 0.25) is 0 Å². The summed E-state index contributed by atoms with van der Waals surface area (Å²) in [5, 5.41) is 2.91. The van der Waals surface area contributed by atoms with Crippen LogP contribution in [-0.4, -0.2) is 43.8 Å². The van der Waals surface area contributed by atoms with Crippen LogP contribution in [0.2, 0.25) is 0 Å². The maximum Gasteiger partial charge on any atom is 0.258 e. The van der Waals surface area contributed by atoms with Crippen LogP contribution in [0.25, 0.3) is 0 Å². The van der Waals surface area contributed by atoms with Crippen LogP contribution in [0.1, 0.15) is 18.1 Å². The van der Waals surface area contributed by atoms with E-state index in [-0.39, 0.29) is 12.5 Å². The Hall–Kier alpha value is -2.60. The normalized spacial score (nSPS) is 14.1. The molecular weight excluding hydrogens is 330 g/mol. The molecule has 2 heterocycles. The van der Waals surface area contributed by atoms with Gasteiger partial charge in [0.15, 0.2) is 6.61 Å². The van der Waals surface area contributed by atoms with Crippen molar-refractivity contribution in [3.8, 4) is 5.75 Å². The fourth-order valence-electron chi connectivity index (χ4n) is 2.84. The molecule has 6 heteroatoms. The van der Waals surface area contributed by atoms with Gasteiger partial charge in [0.25, 0.3) is 5.91 Å².